The fourth-order valence-corrected chi connectivity index (χ4v) is 4.35. The quantitative estimate of drug-likeness (QED) is 0.821. The Bertz CT molecular complexity index is 366. The molecule has 2 aliphatic heterocycles. The molecule has 1 saturated carbocycles. The molecule has 0 radical (unpaired) electrons. The molecular weight excluding hydrogens is 307 g/mol. The van der Waals surface area contributed by atoms with Gasteiger partial charge in [-0.15, -0.1) is 0 Å². The van der Waals surface area contributed by atoms with E-state index in [2.05, 4.69) is 10.6 Å². The van der Waals surface area contributed by atoms with Crippen molar-refractivity contribution in [2.45, 2.75) is 56.4 Å². The Morgan fingerprint density at radius 3 is 2.57 bits per heavy atom. The van der Waals surface area contributed by atoms with Crippen LogP contribution >= 0.6 is 0 Å². The number of morpholine rings is 1. The lowest BCUT2D eigenvalue weighted by atomic mass is 9.92. The molecule has 4 nitrogen and oxygen atoms in total. The van der Waals surface area contributed by atoms with Crippen molar-refractivity contribution < 1.29 is 17.9 Å². The first-order chi connectivity index (χ1) is 11.0. The zero-order valence-electron chi connectivity index (χ0n) is 13.6. The summed E-state index contributed by atoms with van der Waals surface area (Å²) in [6, 6.07) is 1.26. The Labute approximate surface area is 136 Å². The van der Waals surface area contributed by atoms with E-state index in [1.54, 1.807) is 0 Å². The number of nitrogens with zero attached hydrogens (tertiary/aromatic N) is 1. The molecule has 2 N–H and O–H groups in total. The van der Waals surface area contributed by atoms with Crippen LogP contribution in [-0.4, -0.2) is 68.6 Å². The van der Waals surface area contributed by atoms with Gasteiger partial charge in [0.25, 0.3) is 0 Å². The van der Waals surface area contributed by atoms with Crippen LogP contribution in [-0.2, 0) is 4.74 Å². The van der Waals surface area contributed by atoms with E-state index in [9.17, 15) is 13.2 Å². The minimum Gasteiger partial charge on any atom is -0.379 e. The van der Waals surface area contributed by atoms with Crippen molar-refractivity contribution in [3.05, 3.63) is 0 Å². The molecule has 3 unspecified atom stereocenters. The summed E-state index contributed by atoms with van der Waals surface area (Å²) in [6.45, 7) is 2.81. The minimum atomic E-state index is -4.08. The first-order valence-electron chi connectivity index (χ1n) is 8.87. The van der Waals surface area contributed by atoms with Crippen molar-refractivity contribution in [3.63, 3.8) is 0 Å². The van der Waals surface area contributed by atoms with Crippen LogP contribution in [0.5, 0.6) is 0 Å². The highest BCUT2D eigenvalue weighted by Gasteiger charge is 2.37. The Morgan fingerprint density at radius 2 is 1.91 bits per heavy atom. The Balaban J connectivity index is 1.44. The van der Waals surface area contributed by atoms with Gasteiger partial charge >= 0.3 is 6.18 Å². The summed E-state index contributed by atoms with van der Waals surface area (Å²) in [4.78, 5) is 1.53. The van der Waals surface area contributed by atoms with Crippen LogP contribution in [0.25, 0.3) is 0 Å². The molecule has 1 aliphatic carbocycles. The molecule has 3 fully saturated rings. The van der Waals surface area contributed by atoms with Gasteiger partial charge in [0.05, 0.1) is 19.8 Å². The predicted molar refractivity (Wildman–Crippen MR) is 82.4 cm³/mol. The SMILES string of the molecule is FC(F)(F)CN1CCC(NC2CCCC2C2COCCN2)CC1. The maximum Gasteiger partial charge on any atom is 0.401 e. The van der Waals surface area contributed by atoms with Crippen LogP contribution in [0.3, 0.4) is 0 Å². The van der Waals surface area contributed by atoms with E-state index in [-0.39, 0.29) is 0 Å². The number of piperidine rings is 1. The fraction of sp³-hybridized carbons (Fsp3) is 1.00. The maximum atomic E-state index is 12.4. The number of rotatable bonds is 4. The van der Waals surface area contributed by atoms with Gasteiger partial charge in [0.1, 0.15) is 0 Å². The van der Waals surface area contributed by atoms with E-state index in [1.165, 1.54) is 24.2 Å². The number of hydrogen-bond donors (Lipinski definition) is 2. The van der Waals surface area contributed by atoms with Crippen molar-refractivity contribution in [3.8, 4) is 0 Å². The predicted octanol–water partition coefficient (Wildman–Crippen LogP) is 1.76. The lowest BCUT2D eigenvalue weighted by molar-refractivity contribution is -0.148. The summed E-state index contributed by atoms with van der Waals surface area (Å²) in [6.07, 6.45) is 1.16. The highest BCUT2D eigenvalue weighted by molar-refractivity contribution is 4.94. The molecule has 7 heteroatoms. The average molecular weight is 335 g/mol. The zero-order chi connectivity index (χ0) is 16.3. The van der Waals surface area contributed by atoms with Crippen molar-refractivity contribution in [2.24, 2.45) is 5.92 Å². The monoisotopic (exact) mass is 335 g/mol. The molecule has 2 saturated heterocycles. The summed E-state index contributed by atoms with van der Waals surface area (Å²) >= 11 is 0. The molecule has 3 aliphatic rings. The van der Waals surface area contributed by atoms with Crippen LogP contribution in [0.4, 0.5) is 13.2 Å². The number of alkyl halides is 3. The van der Waals surface area contributed by atoms with E-state index in [0.717, 1.165) is 32.6 Å². The smallest absolute Gasteiger partial charge is 0.379 e. The number of likely N-dealkylation sites (tertiary alicyclic amines) is 1. The standard InChI is InChI=1S/C16H28F3N3O/c17-16(18,19)11-22-7-4-12(5-8-22)21-14-3-1-2-13(14)15-10-23-9-6-20-15/h12-15,20-21H,1-11H2. The van der Waals surface area contributed by atoms with E-state index < -0.39 is 12.7 Å². The molecule has 2 heterocycles. The van der Waals surface area contributed by atoms with E-state index in [1.807, 2.05) is 0 Å². The Kier molecular flexibility index (Phi) is 5.82. The lowest BCUT2D eigenvalue weighted by Crippen LogP contribution is -2.54. The van der Waals surface area contributed by atoms with Gasteiger partial charge in [-0.25, -0.2) is 0 Å². The summed E-state index contributed by atoms with van der Waals surface area (Å²) in [5, 5.41) is 7.31. The van der Waals surface area contributed by atoms with Crippen molar-refractivity contribution in [1.29, 1.82) is 0 Å². The van der Waals surface area contributed by atoms with E-state index >= 15 is 0 Å². The second kappa shape index (κ2) is 7.68. The van der Waals surface area contributed by atoms with Crippen LogP contribution in [0.2, 0.25) is 0 Å². The fourth-order valence-electron chi connectivity index (χ4n) is 4.35. The number of hydrogen-bond acceptors (Lipinski definition) is 4. The van der Waals surface area contributed by atoms with Gasteiger partial charge in [-0.05, 0) is 44.7 Å². The summed E-state index contributed by atoms with van der Waals surface area (Å²) < 4.78 is 42.9. The van der Waals surface area contributed by atoms with Gasteiger partial charge in [0.15, 0.2) is 0 Å². The molecule has 3 rings (SSSR count). The third-order valence-electron chi connectivity index (χ3n) is 5.48. The molecule has 3 atom stereocenters. The molecule has 0 spiro atoms. The topological polar surface area (TPSA) is 36.5 Å². The van der Waals surface area contributed by atoms with Gasteiger partial charge in [0, 0.05) is 24.7 Å². The number of nitrogens with one attached hydrogen (secondary N) is 2. The average Bonchev–Trinajstić information content (AvgIpc) is 2.97. The van der Waals surface area contributed by atoms with Crippen LogP contribution in [0.15, 0.2) is 0 Å². The Morgan fingerprint density at radius 1 is 1.13 bits per heavy atom. The highest BCUT2D eigenvalue weighted by Crippen LogP contribution is 2.30. The summed E-state index contributed by atoms with van der Waals surface area (Å²) in [5.41, 5.74) is 0. The number of halogens is 3. The first kappa shape index (κ1) is 17.5. The normalized spacial score (nSPS) is 34.8. The molecule has 23 heavy (non-hydrogen) atoms. The largest absolute Gasteiger partial charge is 0.401 e. The van der Waals surface area contributed by atoms with Gasteiger partial charge in [-0.2, -0.15) is 13.2 Å². The summed E-state index contributed by atoms with van der Waals surface area (Å²) in [5.74, 6) is 0.587. The van der Waals surface area contributed by atoms with Crippen LogP contribution in [0.1, 0.15) is 32.1 Å². The zero-order valence-corrected chi connectivity index (χ0v) is 13.6. The van der Waals surface area contributed by atoms with E-state index in [0.29, 0.717) is 37.1 Å². The second-order valence-corrected chi connectivity index (χ2v) is 7.17. The number of ether oxygens (including phenoxy) is 1. The highest BCUT2D eigenvalue weighted by atomic mass is 19.4. The lowest BCUT2D eigenvalue weighted by Gasteiger charge is -2.37. The van der Waals surface area contributed by atoms with Gasteiger partial charge in [0.2, 0.25) is 0 Å². The van der Waals surface area contributed by atoms with Crippen molar-refractivity contribution in [1.82, 2.24) is 15.5 Å². The first-order valence-corrected chi connectivity index (χ1v) is 8.87. The third kappa shape index (κ3) is 5.05. The van der Waals surface area contributed by atoms with Gasteiger partial charge in [-0.1, -0.05) is 6.42 Å². The second-order valence-electron chi connectivity index (χ2n) is 7.17. The third-order valence-corrected chi connectivity index (χ3v) is 5.48. The Hall–Kier alpha value is -0.370. The minimum absolute atomic E-state index is 0.356. The van der Waals surface area contributed by atoms with Crippen molar-refractivity contribution in [2.75, 3.05) is 39.4 Å². The van der Waals surface area contributed by atoms with Crippen molar-refractivity contribution >= 4 is 0 Å². The molecule has 0 amide bonds. The molecule has 134 valence electrons. The van der Waals surface area contributed by atoms with Crippen LogP contribution < -0.4 is 10.6 Å². The molecule has 0 aromatic heterocycles. The van der Waals surface area contributed by atoms with E-state index in [4.69, 9.17) is 4.74 Å². The molecule has 0 aromatic carbocycles. The van der Waals surface area contributed by atoms with Gasteiger partial charge in [-0.3, -0.25) is 4.90 Å². The summed E-state index contributed by atoms with van der Waals surface area (Å²) in [7, 11) is 0. The van der Waals surface area contributed by atoms with Crippen LogP contribution in [0, 0.1) is 5.92 Å². The molecular formula is C16H28F3N3O. The van der Waals surface area contributed by atoms with Gasteiger partial charge < -0.3 is 15.4 Å². The maximum absolute atomic E-state index is 12.4. The molecule has 0 aromatic rings. The molecule has 0 bridgehead atoms.